The summed E-state index contributed by atoms with van der Waals surface area (Å²) in [7, 11) is 0. The Hall–Kier alpha value is -1.16. The number of benzene rings is 1. The van der Waals surface area contributed by atoms with Gasteiger partial charge >= 0.3 is 0 Å². The molecule has 0 bridgehead atoms. The zero-order chi connectivity index (χ0) is 12.8. The second-order valence-electron chi connectivity index (χ2n) is 5.21. The third-order valence-electron chi connectivity index (χ3n) is 4.06. The lowest BCUT2D eigenvalue weighted by Crippen LogP contribution is -2.38. The van der Waals surface area contributed by atoms with Crippen LogP contribution in [-0.4, -0.2) is 25.3 Å². The van der Waals surface area contributed by atoms with Gasteiger partial charge in [-0.15, -0.1) is 0 Å². The summed E-state index contributed by atoms with van der Waals surface area (Å²) in [6.45, 7) is 4.29. The minimum Gasteiger partial charge on any atom is -0.369 e. The van der Waals surface area contributed by atoms with Crippen LogP contribution in [-0.2, 0) is 11.2 Å². The van der Waals surface area contributed by atoms with Crippen LogP contribution < -0.4 is 4.90 Å². The predicted octanol–water partition coefficient (Wildman–Crippen LogP) is 2.90. The van der Waals surface area contributed by atoms with Crippen LogP contribution in [0.1, 0.15) is 25.3 Å². The van der Waals surface area contributed by atoms with Crippen molar-refractivity contribution in [3.05, 3.63) is 29.3 Å². The Labute approximate surface area is 106 Å². The van der Waals surface area contributed by atoms with Crippen molar-refractivity contribution in [3.63, 3.8) is 0 Å². The first-order valence-corrected chi connectivity index (χ1v) is 6.50. The van der Waals surface area contributed by atoms with Crippen molar-refractivity contribution in [2.75, 3.05) is 24.6 Å². The molecule has 2 saturated heterocycles. The van der Waals surface area contributed by atoms with Crippen LogP contribution in [0, 0.1) is 11.6 Å². The molecule has 0 unspecified atom stereocenters. The van der Waals surface area contributed by atoms with E-state index in [0.717, 1.165) is 38.6 Å². The molecule has 2 fully saturated rings. The summed E-state index contributed by atoms with van der Waals surface area (Å²) in [5.74, 6) is -0.907. The molecular weight excluding hydrogens is 236 g/mol. The largest absolute Gasteiger partial charge is 0.369 e. The van der Waals surface area contributed by atoms with Crippen LogP contribution in [0.3, 0.4) is 0 Å². The quantitative estimate of drug-likeness (QED) is 0.753. The molecule has 1 aromatic carbocycles. The molecule has 0 N–H and O–H groups in total. The van der Waals surface area contributed by atoms with Crippen molar-refractivity contribution < 1.29 is 13.5 Å². The number of anilines is 1. The molecule has 0 aromatic heterocycles. The Balaban J connectivity index is 1.83. The number of aryl methyl sites for hydroxylation is 1. The molecule has 2 heterocycles. The highest BCUT2D eigenvalue weighted by molar-refractivity contribution is 5.51. The Kier molecular flexibility index (Phi) is 2.77. The SMILES string of the molecule is CCc1cc(N2CCC3(CC2)CO3)c(F)cc1F. The molecule has 0 radical (unpaired) electrons. The molecule has 2 aliphatic heterocycles. The van der Waals surface area contributed by atoms with Gasteiger partial charge in [0.15, 0.2) is 0 Å². The fourth-order valence-electron chi connectivity index (χ4n) is 2.64. The van der Waals surface area contributed by atoms with Gasteiger partial charge in [0.05, 0.1) is 17.9 Å². The maximum Gasteiger partial charge on any atom is 0.149 e. The Morgan fingerprint density at radius 2 is 1.89 bits per heavy atom. The third-order valence-corrected chi connectivity index (χ3v) is 4.06. The second-order valence-corrected chi connectivity index (χ2v) is 5.21. The highest BCUT2D eigenvalue weighted by Gasteiger charge is 2.46. The average Bonchev–Trinajstić information content (AvgIpc) is 3.11. The number of halogens is 2. The van der Waals surface area contributed by atoms with Crippen molar-refractivity contribution in [2.24, 2.45) is 0 Å². The van der Waals surface area contributed by atoms with Gasteiger partial charge in [-0.3, -0.25) is 0 Å². The van der Waals surface area contributed by atoms with Crippen molar-refractivity contribution in [1.29, 1.82) is 0 Å². The van der Waals surface area contributed by atoms with Gasteiger partial charge in [-0.25, -0.2) is 8.78 Å². The Morgan fingerprint density at radius 1 is 1.22 bits per heavy atom. The predicted molar refractivity (Wildman–Crippen MR) is 65.9 cm³/mol. The number of rotatable bonds is 2. The molecule has 4 heteroatoms. The van der Waals surface area contributed by atoms with E-state index in [1.165, 1.54) is 0 Å². The van der Waals surface area contributed by atoms with Crippen molar-refractivity contribution in [3.8, 4) is 0 Å². The lowest BCUT2D eigenvalue weighted by atomic mass is 9.97. The van der Waals surface area contributed by atoms with E-state index in [4.69, 9.17) is 4.74 Å². The summed E-state index contributed by atoms with van der Waals surface area (Å²) in [5.41, 5.74) is 1.19. The molecular formula is C14H17F2NO. The molecule has 0 aliphatic carbocycles. The smallest absolute Gasteiger partial charge is 0.149 e. The van der Waals surface area contributed by atoms with Gasteiger partial charge in [-0.1, -0.05) is 6.92 Å². The summed E-state index contributed by atoms with van der Waals surface area (Å²) in [5, 5.41) is 0. The Bertz CT molecular complexity index is 461. The standard InChI is InChI=1S/C14H17F2NO/c1-2-10-7-13(12(16)8-11(10)15)17-5-3-14(4-6-17)9-18-14/h7-8H,2-6,9H2,1H3. The minimum absolute atomic E-state index is 0.0839. The monoisotopic (exact) mass is 253 g/mol. The molecule has 1 aromatic rings. The van der Waals surface area contributed by atoms with Gasteiger partial charge in [0.25, 0.3) is 0 Å². The number of epoxide rings is 1. The first kappa shape index (κ1) is 11.9. The van der Waals surface area contributed by atoms with Crippen LogP contribution in [0.15, 0.2) is 12.1 Å². The van der Waals surface area contributed by atoms with E-state index in [1.807, 2.05) is 11.8 Å². The molecule has 98 valence electrons. The maximum atomic E-state index is 13.8. The van der Waals surface area contributed by atoms with E-state index in [-0.39, 0.29) is 5.60 Å². The number of hydrogen-bond donors (Lipinski definition) is 0. The third kappa shape index (κ3) is 1.99. The van der Waals surface area contributed by atoms with E-state index in [2.05, 4.69) is 0 Å². The highest BCUT2D eigenvalue weighted by atomic mass is 19.1. The molecule has 2 nitrogen and oxygen atoms in total. The first-order valence-electron chi connectivity index (χ1n) is 6.50. The summed E-state index contributed by atoms with van der Waals surface area (Å²) in [6.07, 6.45) is 2.45. The number of ether oxygens (including phenoxy) is 1. The fourth-order valence-corrected chi connectivity index (χ4v) is 2.64. The topological polar surface area (TPSA) is 15.8 Å². The van der Waals surface area contributed by atoms with Crippen LogP contribution in [0.5, 0.6) is 0 Å². The van der Waals surface area contributed by atoms with Crippen molar-refractivity contribution in [2.45, 2.75) is 31.8 Å². The summed E-state index contributed by atoms with van der Waals surface area (Å²) < 4.78 is 32.7. The van der Waals surface area contributed by atoms with Gasteiger partial charge in [0, 0.05) is 19.2 Å². The summed E-state index contributed by atoms with van der Waals surface area (Å²) in [4.78, 5) is 2.00. The summed E-state index contributed by atoms with van der Waals surface area (Å²) in [6, 6.07) is 2.66. The van der Waals surface area contributed by atoms with Crippen molar-refractivity contribution in [1.82, 2.24) is 0 Å². The second kappa shape index (κ2) is 4.19. The number of hydrogen-bond acceptors (Lipinski definition) is 2. The van der Waals surface area contributed by atoms with E-state index < -0.39 is 11.6 Å². The number of nitrogens with zero attached hydrogens (tertiary/aromatic N) is 1. The van der Waals surface area contributed by atoms with Crippen LogP contribution in [0.2, 0.25) is 0 Å². The Morgan fingerprint density at radius 3 is 2.44 bits per heavy atom. The van der Waals surface area contributed by atoms with E-state index in [9.17, 15) is 8.78 Å². The highest BCUT2D eigenvalue weighted by Crippen LogP contribution is 2.39. The van der Waals surface area contributed by atoms with E-state index in [0.29, 0.717) is 17.7 Å². The van der Waals surface area contributed by atoms with Gasteiger partial charge < -0.3 is 9.64 Å². The normalized spacial score (nSPS) is 21.4. The fraction of sp³-hybridized carbons (Fsp3) is 0.571. The first-order chi connectivity index (χ1) is 8.63. The van der Waals surface area contributed by atoms with Crippen LogP contribution >= 0.6 is 0 Å². The van der Waals surface area contributed by atoms with Crippen LogP contribution in [0.25, 0.3) is 0 Å². The number of piperidine rings is 1. The lowest BCUT2D eigenvalue weighted by Gasteiger charge is -2.32. The maximum absolute atomic E-state index is 13.8. The van der Waals surface area contributed by atoms with E-state index in [1.54, 1.807) is 6.07 Å². The van der Waals surface area contributed by atoms with Crippen LogP contribution in [0.4, 0.5) is 14.5 Å². The summed E-state index contributed by atoms with van der Waals surface area (Å²) >= 11 is 0. The van der Waals surface area contributed by atoms with Gasteiger partial charge in [-0.2, -0.15) is 0 Å². The van der Waals surface area contributed by atoms with E-state index >= 15 is 0 Å². The molecule has 3 rings (SSSR count). The van der Waals surface area contributed by atoms with Gasteiger partial charge in [0.1, 0.15) is 11.6 Å². The molecule has 18 heavy (non-hydrogen) atoms. The molecule has 1 spiro atoms. The van der Waals surface area contributed by atoms with Crippen molar-refractivity contribution >= 4 is 5.69 Å². The van der Waals surface area contributed by atoms with Gasteiger partial charge in [0.2, 0.25) is 0 Å². The molecule has 0 saturated carbocycles. The molecule has 0 amide bonds. The minimum atomic E-state index is -0.461. The average molecular weight is 253 g/mol. The lowest BCUT2D eigenvalue weighted by molar-refractivity contribution is 0.258. The molecule has 0 atom stereocenters. The molecule has 2 aliphatic rings. The zero-order valence-corrected chi connectivity index (χ0v) is 10.5. The van der Waals surface area contributed by atoms with Gasteiger partial charge in [-0.05, 0) is 30.9 Å². The zero-order valence-electron chi connectivity index (χ0n) is 10.5.